The third kappa shape index (κ3) is 12.0. The van der Waals surface area contributed by atoms with Crippen molar-refractivity contribution in [2.45, 2.75) is 47.0 Å². The van der Waals surface area contributed by atoms with Gasteiger partial charge >= 0.3 is 51.4 Å². The Morgan fingerprint density at radius 1 is 1.11 bits per heavy atom. The monoisotopic (exact) mass is 654 g/mol. The van der Waals surface area contributed by atoms with Gasteiger partial charge in [0.1, 0.15) is 5.84 Å². The topological polar surface area (TPSA) is 99.2 Å². The second-order valence-corrected chi connectivity index (χ2v) is 10.1. The van der Waals surface area contributed by atoms with Gasteiger partial charge in [-0.15, -0.1) is 6.58 Å². The van der Waals surface area contributed by atoms with Gasteiger partial charge in [-0.3, -0.25) is 15.1 Å². The minimum absolute atomic E-state index is 0. The molecule has 7 nitrogen and oxygen atoms in total. The molecular formula is C36H48ClKN6O. The minimum atomic E-state index is -0.219. The van der Waals surface area contributed by atoms with E-state index in [0.29, 0.717) is 40.0 Å². The van der Waals surface area contributed by atoms with Crippen LogP contribution in [0.5, 0.6) is 0 Å². The molecule has 0 spiro atoms. The number of amides is 1. The molecule has 2 aromatic carbocycles. The summed E-state index contributed by atoms with van der Waals surface area (Å²) in [6.45, 7) is 16.4. The molecular weight excluding hydrogens is 607 g/mol. The van der Waals surface area contributed by atoms with Gasteiger partial charge in [-0.2, -0.15) is 0 Å². The number of hydrogen-bond donors (Lipinski definition) is 2. The molecule has 0 radical (unpaired) electrons. The van der Waals surface area contributed by atoms with Crippen molar-refractivity contribution in [3.8, 4) is 11.4 Å². The molecule has 3 N–H and O–H groups in total. The van der Waals surface area contributed by atoms with Gasteiger partial charge in [0.2, 0.25) is 0 Å². The number of amidine groups is 1. The summed E-state index contributed by atoms with van der Waals surface area (Å²) in [6, 6.07) is 15.2. The number of aromatic nitrogens is 2. The van der Waals surface area contributed by atoms with Crippen LogP contribution >= 0.6 is 11.6 Å². The Balaban J connectivity index is 0.000000847. The van der Waals surface area contributed by atoms with Crippen LogP contribution < -0.4 is 57.1 Å². The van der Waals surface area contributed by atoms with Crippen molar-refractivity contribution in [2.24, 2.45) is 0 Å². The second-order valence-electron chi connectivity index (χ2n) is 9.74. The maximum absolute atomic E-state index is 12.7. The van der Waals surface area contributed by atoms with Gasteiger partial charge in [0.25, 0.3) is 5.91 Å². The van der Waals surface area contributed by atoms with Crippen LogP contribution in [0.1, 0.15) is 58.1 Å². The summed E-state index contributed by atoms with van der Waals surface area (Å²) in [5.74, 6) is 0.955. The first-order valence-electron chi connectivity index (χ1n) is 14.8. The van der Waals surface area contributed by atoms with E-state index in [1.807, 2.05) is 58.0 Å². The van der Waals surface area contributed by atoms with Crippen molar-refractivity contribution in [3.05, 3.63) is 115 Å². The molecule has 1 unspecified atom stereocenters. The number of nitrogens with zero attached hydrogens (tertiary/aromatic N) is 4. The Hall–Kier alpha value is -2.43. The number of anilines is 1. The molecule has 1 amide bonds. The number of nitrogens with one attached hydrogen (secondary N) is 1. The van der Waals surface area contributed by atoms with Gasteiger partial charge in [0.15, 0.2) is 5.82 Å². The fourth-order valence-electron chi connectivity index (χ4n) is 4.59. The van der Waals surface area contributed by atoms with Crippen molar-refractivity contribution in [2.75, 3.05) is 32.4 Å². The van der Waals surface area contributed by atoms with Crippen LogP contribution in [-0.4, -0.2) is 58.2 Å². The zero-order chi connectivity index (χ0) is 31.9. The fourth-order valence-corrected chi connectivity index (χ4v) is 4.87. The van der Waals surface area contributed by atoms with Crippen LogP contribution in [0.25, 0.3) is 17.0 Å². The van der Waals surface area contributed by atoms with E-state index in [1.54, 1.807) is 36.7 Å². The molecule has 236 valence electrons. The molecule has 1 aliphatic rings. The molecule has 4 rings (SSSR count). The summed E-state index contributed by atoms with van der Waals surface area (Å²) in [6.07, 6.45) is 10.1. The fraction of sp³-hybridized carbons (Fsp3) is 0.306. The number of carbonyl (C=O) groups excluding carboxylic acids is 1. The van der Waals surface area contributed by atoms with Gasteiger partial charge in [-0.1, -0.05) is 68.8 Å². The zero-order valence-corrected chi connectivity index (χ0v) is 32.1. The second kappa shape index (κ2) is 22.2. The van der Waals surface area contributed by atoms with E-state index in [2.05, 4.69) is 47.6 Å². The Kier molecular flexibility index (Phi) is 21.0. The van der Waals surface area contributed by atoms with Crippen molar-refractivity contribution in [1.82, 2.24) is 19.8 Å². The van der Waals surface area contributed by atoms with Crippen LogP contribution in [0.3, 0.4) is 0 Å². The molecule has 3 aromatic rings. The number of carbonyl (C=O) groups is 1. The quantitative estimate of drug-likeness (QED) is 0.141. The van der Waals surface area contributed by atoms with Crippen LogP contribution in [0.4, 0.5) is 5.69 Å². The third-order valence-corrected chi connectivity index (χ3v) is 7.10. The van der Waals surface area contributed by atoms with E-state index < -0.39 is 0 Å². The normalized spacial score (nSPS) is 13.7. The molecule has 0 aliphatic carbocycles. The van der Waals surface area contributed by atoms with E-state index in [0.717, 1.165) is 24.3 Å². The van der Waals surface area contributed by atoms with Gasteiger partial charge in [-0.25, -0.2) is 9.97 Å². The Morgan fingerprint density at radius 3 is 2.24 bits per heavy atom. The average Bonchev–Trinajstić information content (AvgIpc) is 3.03. The number of halogens is 1. The summed E-state index contributed by atoms with van der Waals surface area (Å²) in [5.41, 5.74) is 10.4. The van der Waals surface area contributed by atoms with Crippen molar-refractivity contribution in [3.63, 3.8) is 0 Å². The largest absolute Gasteiger partial charge is 1.00 e. The van der Waals surface area contributed by atoms with Crippen LogP contribution in [0.2, 0.25) is 5.02 Å². The van der Waals surface area contributed by atoms with Gasteiger partial charge < -0.3 is 18.1 Å². The van der Waals surface area contributed by atoms with E-state index in [-0.39, 0.29) is 70.6 Å². The first-order chi connectivity index (χ1) is 20.7. The number of hydrogen-bond acceptors (Lipinski definition) is 6. The van der Waals surface area contributed by atoms with Gasteiger partial charge in [0, 0.05) is 64.4 Å². The zero-order valence-electron chi connectivity index (χ0n) is 28.3. The van der Waals surface area contributed by atoms with Crippen LogP contribution in [0, 0.1) is 12.8 Å². The first kappa shape index (κ1) is 42.6. The van der Waals surface area contributed by atoms with Crippen molar-refractivity contribution >= 4 is 34.6 Å². The molecule has 45 heavy (non-hydrogen) atoms. The number of likely N-dealkylation sites (N-methyl/N-ethyl adjacent to an activating group) is 2. The van der Waals surface area contributed by atoms with Crippen molar-refractivity contribution in [1.29, 1.82) is 5.41 Å². The average molecular weight is 655 g/mol. The van der Waals surface area contributed by atoms with E-state index in [4.69, 9.17) is 22.7 Å². The van der Waals surface area contributed by atoms with Crippen LogP contribution in [-0.2, 0) is 4.79 Å². The number of benzene rings is 2. The maximum Gasteiger partial charge on any atom is 1.00 e. The maximum atomic E-state index is 12.7. The molecule has 1 aromatic heterocycles. The summed E-state index contributed by atoms with van der Waals surface area (Å²) in [5, 5.41) is 8.58. The molecule has 9 heteroatoms. The molecule has 1 atom stereocenters. The predicted octanol–water partition coefficient (Wildman–Crippen LogP) is 5.33. The molecule has 0 fully saturated rings. The molecule has 1 aliphatic heterocycles. The van der Waals surface area contributed by atoms with Gasteiger partial charge in [-0.05, 0) is 69.8 Å². The van der Waals surface area contributed by atoms with E-state index in [9.17, 15) is 4.79 Å². The third-order valence-electron chi connectivity index (χ3n) is 6.79. The minimum Gasteiger partial charge on any atom is -0.399 e. The Bertz CT molecular complexity index is 1420. The summed E-state index contributed by atoms with van der Waals surface area (Å²) in [4.78, 5) is 24.9. The summed E-state index contributed by atoms with van der Waals surface area (Å²) < 4.78 is 0. The predicted molar refractivity (Wildman–Crippen MR) is 189 cm³/mol. The SMILES string of the molecule is C/C=C1/C=C(c2ccc(-c3ncccn3)cc2Cl)C(=O)N(CC)C1=N.C=CC(CN(C)CCC)c1ccc(N)cc1.CC.[CH3-].[K+]. The molecule has 0 bridgehead atoms. The number of nitrogens with two attached hydrogens (primary N) is 1. The van der Waals surface area contributed by atoms with Crippen LogP contribution in [0.15, 0.2) is 91.3 Å². The molecule has 0 saturated carbocycles. The van der Waals surface area contributed by atoms with Crippen molar-refractivity contribution < 1.29 is 56.2 Å². The number of allylic oxidation sites excluding steroid dienone is 1. The Morgan fingerprint density at radius 2 is 1.73 bits per heavy atom. The molecule has 0 saturated heterocycles. The number of rotatable bonds is 9. The van der Waals surface area contributed by atoms with Gasteiger partial charge in [0.05, 0.1) is 0 Å². The standard InChI is InChI=1S/C19H17ClN4O.C14H22N2.C2H6.CH3.K/c1-3-12-10-15(19(25)24(4-2)17(12)21)14-7-6-13(11-16(14)20)18-22-8-5-9-23-18;1-4-10-16(3)11-12(5-2)13-6-8-14(15)9-7-13;1-2;;/h3,5-11,21H,4H2,1-2H3;5-9,12H,2,4,10-11,15H2,1,3H3;1-2H3;1H3;/q;;;-1;+1/b12-3-,21-17?;;;;. The smallest absolute Gasteiger partial charge is 0.399 e. The number of nitrogen functional groups attached to an aromatic ring is 1. The van der Waals surface area contributed by atoms with E-state index in [1.165, 1.54) is 16.9 Å². The Labute approximate surface area is 318 Å². The van der Waals surface area contributed by atoms with E-state index >= 15 is 0 Å². The summed E-state index contributed by atoms with van der Waals surface area (Å²) in [7, 11) is 2.15. The summed E-state index contributed by atoms with van der Waals surface area (Å²) >= 11 is 6.46. The molecule has 2 heterocycles. The first-order valence-corrected chi connectivity index (χ1v) is 15.1.